The van der Waals surface area contributed by atoms with Crippen molar-refractivity contribution in [2.75, 3.05) is 0 Å². The van der Waals surface area contributed by atoms with Gasteiger partial charge in [0.2, 0.25) is 5.95 Å². The molecule has 0 aromatic carbocycles. The standard InChI is InChI=1S/C12H14ClFN6O/c1-3-19-7-9(13)10(18-19)12(21)17-15-5-8-6-16-20(4-2)11(8)14/h5-7H,3-4H2,1-2H3,(H,17,21)/b15-5-. The number of carbonyl (C=O) groups is 1. The van der Waals surface area contributed by atoms with Gasteiger partial charge < -0.3 is 0 Å². The molecule has 0 bridgehead atoms. The minimum atomic E-state index is -0.563. The average Bonchev–Trinajstić information content (AvgIpc) is 3.02. The number of nitrogens with zero attached hydrogens (tertiary/aromatic N) is 5. The molecule has 0 atom stereocenters. The summed E-state index contributed by atoms with van der Waals surface area (Å²) in [5, 5.41) is 11.7. The molecule has 2 rings (SSSR count). The van der Waals surface area contributed by atoms with Crippen LogP contribution in [0, 0.1) is 5.95 Å². The van der Waals surface area contributed by atoms with Gasteiger partial charge in [-0.25, -0.2) is 10.1 Å². The maximum atomic E-state index is 13.7. The lowest BCUT2D eigenvalue weighted by Gasteiger charge is -1.96. The fourth-order valence-electron chi connectivity index (χ4n) is 1.62. The molecule has 1 amide bonds. The van der Waals surface area contributed by atoms with Gasteiger partial charge in [0.1, 0.15) is 0 Å². The lowest BCUT2D eigenvalue weighted by atomic mass is 10.4. The minimum absolute atomic E-state index is 0.0698. The lowest BCUT2D eigenvalue weighted by molar-refractivity contribution is 0.0949. The molecule has 112 valence electrons. The quantitative estimate of drug-likeness (QED) is 0.674. The number of carbonyl (C=O) groups excluding carboxylic acids is 1. The molecule has 2 heterocycles. The third-order valence-corrected chi connectivity index (χ3v) is 3.00. The van der Waals surface area contributed by atoms with E-state index in [0.29, 0.717) is 13.1 Å². The first-order valence-corrected chi connectivity index (χ1v) is 6.72. The van der Waals surface area contributed by atoms with Crippen molar-refractivity contribution < 1.29 is 9.18 Å². The first kappa shape index (κ1) is 15.2. The zero-order chi connectivity index (χ0) is 15.4. The number of nitrogens with one attached hydrogen (secondary N) is 1. The summed E-state index contributed by atoms with van der Waals surface area (Å²) in [5.41, 5.74) is 2.50. The number of halogens is 2. The summed E-state index contributed by atoms with van der Waals surface area (Å²) >= 11 is 5.89. The molecule has 2 aromatic rings. The molecule has 0 spiro atoms. The maximum absolute atomic E-state index is 13.7. The molecule has 0 unspecified atom stereocenters. The predicted octanol–water partition coefficient (Wildman–Crippen LogP) is 1.68. The van der Waals surface area contributed by atoms with Crippen LogP contribution in [0.3, 0.4) is 0 Å². The van der Waals surface area contributed by atoms with Crippen LogP contribution in [0.15, 0.2) is 17.5 Å². The molecular weight excluding hydrogens is 299 g/mol. The van der Waals surface area contributed by atoms with Crippen LogP contribution in [0.1, 0.15) is 29.9 Å². The predicted molar refractivity (Wildman–Crippen MR) is 75.8 cm³/mol. The van der Waals surface area contributed by atoms with Gasteiger partial charge in [0, 0.05) is 19.3 Å². The van der Waals surface area contributed by atoms with Crippen molar-refractivity contribution in [2.45, 2.75) is 26.9 Å². The SMILES string of the molecule is CCn1cc(Cl)c(C(=O)N/N=C\c2cnn(CC)c2F)n1. The van der Waals surface area contributed by atoms with Crippen LogP contribution in [0.2, 0.25) is 5.02 Å². The van der Waals surface area contributed by atoms with Crippen LogP contribution in [0.25, 0.3) is 0 Å². The van der Waals surface area contributed by atoms with Crippen LogP contribution in [0.5, 0.6) is 0 Å². The zero-order valence-electron chi connectivity index (χ0n) is 11.5. The molecular formula is C12H14ClFN6O. The van der Waals surface area contributed by atoms with Crippen molar-refractivity contribution in [3.8, 4) is 0 Å². The number of aryl methyl sites for hydroxylation is 2. The van der Waals surface area contributed by atoms with E-state index in [2.05, 4.69) is 20.7 Å². The summed E-state index contributed by atoms with van der Waals surface area (Å²) in [7, 11) is 0. The highest BCUT2D eigenvalue weighted by Gasteiger charge is 2.14. The van der Waals surface area contributed by atoms with Crippen molar-refractivity contribution in [1.82, 2.24) is 25.0 Å². The summed E-state index contributed by atoms with van der Waals surface area (Å²) in [6, 6.07) is 0. The highest BCUT2D eigenvalue weighted by Crippen LogP contribution is 2.13. The van der Waals surface area contributed by atoms with Crippen LogP contribution < -0.4 is 5.43 Å². The van der Waals surface area contributed by atoms with Gasteiger partial charge in [-0.2, -0.15) is 19.7 Å². The van der Waals surface area contributed by atoms with Crippen LogP contribution in [0.4, 0.5) is 4.39 Å². The van der Waals surface area contributed by atoms with E-state index in [4.69, 9.17) is 11.6 Å². The Bertz CT molecular complexity index is 677. The normalized spacial score (nSPS) is 11.2. The molecule has 1 N–H and O–H groups in total. The Labute approximate surface area is 125 Å². The third-order valence-electron chi connectivity index (χ3n) is 2.73. The molecule has 0 fully saturated rings. The molecule has 0 aliphatic heterocycles. The Hall–Kier alpha value is -2.22. The highest BCUT2D eigenvalue weighted by atomic mass is 35.5. The number of hydrogen-bond donors (Lipinski definition) is 1. The average molecular weight is 313 g/mol. The van der Waals surface area contributed by atoms with E-state index in [0.717, 1.165) is 0 Å². The summed E-state index contributed by atoms with van der Waals surface area (Å²) in [4.78, 5) is 11.8. The summed E-state index contributed by atoms with van der Waals surface area (Å²) < 4.78 is 16.4. The fraction of sp³-hybridized carbons (Fsp3) is 0.333. The summed E-state index contributed by atoms with van der Waals surface area (Å²) in [6.07, 6.45) is 4.05. The molecule has 0 radical (unpaired) electrons. The van der Waals surface area contributed by atoms with Crippen molar-refractivity contribution in [2.24, 2.45) is 5.10 Å². The smallest absolute Gasteiger partial charge is 0.271 e. The number of amides is 1. The Balaban J connectivity index is 2.04. The minimum Gasteiger partial charge on any atom is -0.271 e. The summed E-state index contributed by atoms with van der Waals surface area (Å²) in [6.45, 7) is 4.65. The molecule has 0 saturated carbocycles. The Morgan fingerprint density at radius 1 is 1.52 bits per heavy atom. The van der Waals surface area contributed by atoms with E-state index >= 15 is 0 Å². The van der Waals surface area contributed by atoms with Gasteiger partial charge in [-0.05, 0) is 13.8 Å². The van der Waals surface area contributed by atoms with Crippen LogP contribution >= 0.6 is 11.6 Å². The van der Waals surface area contributed by atoms with Crippen LogP contribution in [-0.4, -0.2) is 31.7 Å². The van der Waals surface area contributed by atoms with E-state index in [1.165, 1.54) is 21.8 Å². The van der Waals surface area contributed by atoms with Gasteiger partial charge in [0.15, 0.2) is 5.69 Å². The van der Waals surface area contributed by atoms with Gasteiger partial charge >= 0.3 is 0 Å². The molecule has 0 aliphatic rings. The van der Waals surface area contributed by atoms with E-state index in [1.54, 1.807) is 13.1 Å². The second-order valence-electron chi connectivity index (χ2n) is 4.09. The molecule has 0 aliphatic carbocycles. The molecule has 7 nitrogen and oxygen atoms in total. The topological polar surface area (TPSA) is 77.1 Å². The number of hydrazone groups is 1. The lowest BCUT2D eigenvalue weighted by Crippen LogP contribution is -2.19. The van der Waals surface area contributed by atoms with Gasteiger partial charge in [0.25, 0.3) is 5.91 Å². The first-order chi connectivity index (χ1) is 10.1. The fourth-order valence-corrected chi connectivity index (χ4v) is 1.85. The number of rotatable bonds is 5. The van der Waals surface area contributed by atoms with E-state index in [-0.39, 0.29) is 16.3 Å². The van der Waals surface area contributed by atoms with E-state index < -0.39 is 11.9 Å². The van der Waals surface area contributed by atoms with Gasteiger partial charge in [-0.15, -0.1) is 0 Å². The monoisotopic (exact) mass is 312 g/mol. The van der Waals surface area contributed by atoms with Crippen molar-refractivity contribution in [3.05, 3.63) is 34.6 Å². The van der Waals surface area contributed by atoms with Gasteiger partial charge in [-0.1, -0.05) is 11.6 Å². The Morgan fingerprint density at radius 2 is 2.29 bits per heavy atom. The number of aromatic nitrogens is 4. The first-order valence-electron chi connectivity index (χ1n) is 6.34. The number of hydrogen-bond acceptors (Lipinski definition) is 4. The zero-order valence-corrected chi connectivity index (χ0v) is 12.3. The maximum Gasteiger partial charge on any atom is 0.293 e. The van der Waals surface area contributed by atoms with Gasteiger partial charge in [-0.3, -0.25) is 9.48 Å². The highest BCUT2D eigenvalue weighted by molar-refractivity contribution is 6.33. The third kappa shape index (κ3) is 3.27. The second-order valence-corrected chi connectivity index (χ2v) is 4.49. The summed E-state index contributed by atoms with van der Waals surface area (Å²) in [5.74, 6) is -1.07. The van der Waals surface area contributed by atoms with Crippen molar-refractivity contribution >= 4 is 23.7 Å². The van der Waals surface area contributed by atoms with Gasteiger partial charge in [0.05, 0.1) is 23.0 Å². The van der Waals surface area contributed by atoms with E-state index in [9.17, 15) is 9.18 Å². The molecule has 21 heavy (non-hydrogen) atoms. The Kier molecular flexibility index (Phi) is 4.69. The molecule has 2 aromatic heterocycles. The van der Waals surface area contributed by atoms with Crippen molar-refractivity contribution in [3.63, 3.8) is 0 Å². The van der Waals surface area contributed by atoms with E-state index in [1.807, 2.05) is 6.92 Å². The molecule has 9 heteroatoms. The Morgan fingerprint density at radius 3 is 2.86 bits per heavy atom. The van der Waals surface area contributed by atoms with Crippen LogP contribution in [-0.2, 0) is 13.1 Å². The van der Waals surface area contributed by atoms with Crippen molar-refractivity contribution in [1.29, 1.82) is 0 Å². The molecule has 0 saturated heterocycles. The largest absolute Gasteiger partial charge is 0.293 e. The second kappa shape index (κ2) is 6.49.